The molecule has 4 atom stereocenters. The van der Waals surface area contributed by atoms with Crippen molar-refractivity contribution in [3.8, 4) is 0 Å². The van der Waals surface area contributed by atoms with Crippen molar-refractivity contribution in [1.82, 2.24) is 0 Å². The van der Waals surface area contributed by atoms with E-state index >= 15 is 0 Å². The van der Waals surface area contributed by atoms with Crippen LogP contribution in [0.5, 0.6) is 0 Å². The van der Waals surface area contributed by atoms with Crippen LogP contribution in [-0.4, -0.2) is 35.6 Å². The van der Waals surface area contributed by atoms with Crippen LogP contribution in [0.25, 0.3) is 0 Å². The summed E-state index contributed by atoms with van der Waals surface area (Å²) in [6, 6.07) is 0. The van der Waals surface area contributed by atoms with E-state index in [1.807, 2.05) is 13.8 Å². The van der Waals surface area contributed by atoms with Gasteiger partial charge in [-0.2, -0.15) is 0 Å². The molecule has 4 unspecified atom stereocenters. The molecular formula is C9H18O3. The zero-order valence-corrected chi connectivity index (χ0v) is 7.73. The Balaban J connectivity index is 2.36. The second kappa shape index (κ2) is 4.21. The maximum atomic E-state index is 9.59. The molecule has 0 spiro atoms. The first kappa shape index (κ1) is 9.96. The van der Waals surface area contributed by atoms with E-state index in [0.29, 0.717) is 12.5 Å². The Bertz CT molecular complexity index is 138. The average molecular weight is 174 g/mol. The fourth-order valence-electron chi connectivity index (χ4n) is 1.88. The monoisotopic (exact) mass is 174 g/mol. The first-order valence-corrected chi connectivity index (χ1v) is 4.57. The van der Waals surface area contributed by atoms with Gasteiger partial charge in [0.15, 0.2) is 0 Å². The molecule has 3 nitrogen and oxygen atoms in total. The van der Waals surface area contributed by atoms with Crippen molar-refractivity contribution in [2.75, 3.05) is 13.2 Å². The lowest BCUT2D eigenvalue weighted by Crippen LogP contribution is -2.24. The molecule has 0 bridgehead atoms. The fraction of sp³-hybridized carbons (Fsp3) is 1.00. The molecule has 0 amide bonds. The maximum absolute atomic E-state index is 9.59. The van der Waals surface area contributed by atoms with Crippen molar-refractivity contribution in [2.45, 2.75) is 32.5 Å². The Morgan fingerprint density at radius 3 is 2.50 bits per heavy atom. The van der Waals surface area contributed by atoms with E-state index in [0.717, 1.165) is 6.42 Å². The van der Waals surface area contributed by atoms with Crippen LogP contribution in [0.3, 0.4) is 0 Å². The van der Waals surface area contributed by atoms with Gasteiger partial charge in [0.25, 0.3) is 0 Å². The van der Waals surface area contributed by atoms with Gasteiger partial charge in [0, 0.05) is 5.92 Å². The van der Waals surface area contributed by atoms with Crippen molar-refractivity contribution in [3.05, 3.63) is 0 Å². The molecule has 12 heavy (non-hydrogen) atoms. The third kappa shape index (κ3) is 1.97. The zero-order valence-electron chi connectivity index (χ0n) is 7.73. The molecule has 1 aliphatic rings. The van der Waals surface area contributed by atoms with Crippen LogP contribution in [0.1, 0.15) is 20.3 Å². The Kier molecular flexibility index (Phi) is 3.50. The van der Waals surface area contributed by atoms with Gasteiger partial charge in [0.05, 0.1) is 25.4 Å². The normalized spacial score (nSPS) is 42.0. The number of hydrogen-bond acceptors (Lipinski definition) is 3. The molecule has 2 N–H and O–H groups in total. The third-order valence-corrected chi connectivity index (χ3v) is 2.74. The summed E-state index contributed by atoms with van der Waals surface area (Å²) in [4.78, 5) is 0. The highest BCUT2D eigenvalue weighted by atomic mass is 16.5. The molecular weight excluding hydrogens is 156 g/mol. The first-order valence-electron chi connectivity index (χ1n) is 4.57. The molecule has 72 valence electrons. The van der Waals surface area contributed by atoms with Gasteiger partial charge in [-0.05, 0) is 12.3 Å². The standard InChI is InChI=1S/C9H18O3/c1-6-5-8(12-4-3-10)7(2)9(6)11/h6-11H,3-5H2,1-2H3. The van der Waals surface area contributed by atoms with Gasteiger partial charge < -0.3 is 14.9 Å². The summed E-state index contributed by atoms with van der Waals surface area (Å²) in [5, 5.41) is 18.2. The summed E-state index contributed by atoms with van der Waals surface area (Å²) in [5.74, 6) is 0.523. The van der Waals surface area contributed by atoms with Crippen LogP contribution in [0.2, 0.25) is 0 Å². The molecule has 3 heteroatoms. The molecule has 0 saturated heterocycles. The molecule has 1 fully saturated rings. The van der Waals surface area contributed by atoms with E-state index in [-0.39, 0.29) is 24.7 Å². The second-order valence-electron chi connectivity index (χ2n) is 3.70. The van der Waals surface area contributed by atoms with Crippen molar-refractivity contribution in [3.63, 3.8) is 0 Å². The minimum absolute atomic E-state index is 0.0632. The lowest BCUT2D eigenvalue weighted by atomic mass is 10.0. The molecule has 0 heterocycles. The molecule has 1 saturated carbocycles. The second-order valence-corrected chi connectivity index (χ2v) is 3.70. The minimum Gasteiger partial charge on any atom is -0.394 e. The van der Waals surface area contributed by atoms with Gasteiger partial charge in [-0.3, -0.25) is 0 Å². The third-order valence-electron chi connectivity index (χ3n) is 2.74. The molecule has 0 aliphatic heterocycles. The van der Waals surface area contributed by atoms with Crippen LogP contribution in [0.15, 0.2) is 0 Å². The Morgan fingerprint density at radius 2 is 2.08 bits per heavy atom. The molecule has 1 aliphatic carbocycles. The topological polar surface area (TPSA) is 49.7 Å². The summed E-state index contributed by atoms with van der Waals surface area (Å²) in [7, 11) is 0. The van der Waals surface area contributed by atoms with Crippen molar-refractivity contribution in [1.29, 1.82) is 0 Å². The summed E-state index contributed by atoms with van der Waals surface area (Å²) < 4.78 is 5.40. The average Bonchev–Trinajstić information content (AvgIpc) is 2.30. The minimum atomic E-state index is -0.242. The van der Waals surface area contributed by atoms with E-state index in [1.165, 1.54) is 0 Å². The van der Waals surface area contributed by atoms with E-state index in [4.69, 9.17) is 9.84 Å². The summed E-state index contributed by atoms with van der Waals surface area (Å²) >= 11 is 0. The van der Waals surface area contributed by atoms with Crippen LogP contribution in [-0.2, 0) is 4.74 Å². The lowest BCUT2D eigenvalue weighted by molar-refractivity contribution is -0.00624. The smallest absolute Gasteiger partial charge is 0.0701 e. The van der Waals surface area contributed by atoms with E-state index in [2.05, 4.69) is 0 Å². The van der Waals surface area contributed by atoms with Gasteiger partial charge >= 0.3 is 0 Å². The van der Waals surface area contributed by atoms with Gasteiger partial charge in [-0.15, -0.1) is 0 Å². The number of rotatable bonds is 3. The lowest BCUT2D eigenvalue weighted by Gasteiger charge is -2.17. The number of hydrogen-bond donors (Lipinski definition) is 2. The van der Waals surface area contributed by atoms with E-state index in [1.54, 1.807) is 0 Å². The van der Waals surface area contributed by atoms with Gasteiger partial charge in [0.2, 0.25) is 0 Å². The molecule has 0 aromatic rings. The SMILES string of the molecule is CC1CC(OCCO)C(C)C1O. The number of ether oxygens (including phenoxy) is 1. The van der Waals surface area contributed by atoms with E-state index in [9.17, 15) is 5.11 Å². The molecule has 0 aromatic carbocycles. The van der Waals surface area contributed by atoms with Gasteiger partial charge in [-0.25, -0.2) is 0 Å². The summed E-state index contributed by atoms with van der Waals surface area (Å²) in [5.41, 5.74) is 0. The number of aliphatic hydroxyl groups is 2. The zero-order chi connectivity index (χ0) is 9.14. The molecule has 0 aromatic heterocycles. The predicted octanol–water partition coefficient (Wildman–Crippen LogP) is 0.401. The summed E-state index contributed by atoms with van der Waals surface area (Å²) in [6.07, 6.45) is 0.790. The Hall–Kier alpha value is -0.120. The Labute approximate surface area is 73.4 Å². The molecule has 1 rings (SSSR count). The van der Waals surface area contributed by atoms with Gasteiger partial charge in [-0.1, -0.05) is 13.8 Å². The Morgan fingerprint density at radius 1 is 1.42 bits per heavy atom. The predicted molar refractivity (Wildman–Crippen MR) is 45.8 cm³/mol. The van der Waals surface area contributed by atoms with Crippen LogP contribution in [0, 0.1) is 11.8 Å². The van der Waals surface area contributed by atoms with Crippen LogP contribution in [0.4, 0.5) is 0 Å². The van der Waals surface area contributed by atoms with Crippen molar-refractivity contribution < 1.29 is 14.9 Å². The highest BCUT2D eigenvalue weighted by molar-refractivity contribution is 4.87. The summed E-state index contributed by atoms with van der Waals surface area (Å²) in [6.45, 7) is 4.47. The van der Waals surface area contributed by atoms with E-state index < -0.39 is 0 Å². The number of aliphatic hydroxyl groups excluding tert-OH is 2. The highest BCUT2D eigenvalue weighted by Gasteiger charge is 2.37. The van der Waals surface area contributed by atoms with Gasteiger partial charge in [0.1, 0.15) is 0 Å². The fourth-order valence-corrected chi connectivity index (χ4v) is 1.88. The quantitative estimate of drug-likeness (QED) is 0.651. The van der Waals surface area contributed by atoms with Crippen LogP contribution < -0.4 is 0 Å². The van der Waals surface area contributed by atoms with Crippen molar-refractivity contribution >= 4 is 0 Å². The maximum Gasteiger partial charge on any atom is 0.0701 e. The van der Waals surface area contributed by atoms with Crippen LogP contribution >= 0.6 is 0 Å². The van der Waals surface area contributed by atoms with Crippen molar-refractivity contribution in [2.24, 2.45) is 11.8 Å². The highest BCUT2D eigenvalue weighted by Crippen LogP contribution is 2.32. The molecule has 0 radical (unpaired) electrons. The largest absolute Gasteiger partial charge is 0.394 e. The first-order chi connectivity index (χ1) is 5.66.